The van der Waals surface area contributed by atoms with Crippen LogP contribution in [0.3, 0.4) is 0 Å². The van der Waals surface area contributed by atoms with Crippen LogP contribution in [0.5, 0.6) is 0 Å². The molecule has 0 aliphatic carbocycles. The Morgan fingerprint density at radius 3 is 1.40 bits per heavy atom. The van der Waals surface area contributed by atoms with Crippen molar-refractivity contribution in [1.29, 1.82) is 0 Å². The molecule has 2 heteroatoms. The summed E-state index contributed by atoms with van der Waals surface area (Å²) in [5.41, 5.74) is 0. The maximum atomic E-state index is 2.00. The second kappa shape index (κ2) is 22.3. The van der Waals surface area contributed by atoms with Crippen LogP contribution in [0.1, 0.15) is 15.3 Å². The maximum absolute atomic E-state index is 2.00. The number of hydrogen-bond donors (Lipinski definition) is 0. The minimum atomic E-state index is 0. The van der Waals surface area contributed by atoms with Crippen molar-refractivity contribution >= 4 is 0 Å². The predicted octanol–water partition coefficient (Wildman–Crippen LogP) is 1.30. The summed E-state index contributed by atoms with van der Waals surface area (Å²) in [5.74, 6) is 0. The molecule has 0 aromatic carbocycles. The molecule has 0 fully saturated rings. The quantitative estimate of drug-likeness (QED) is 0.603. The molecule has 0 aromatic heterocycles. The molecule has 0 heterocycles. The molecule has 0 bridgehead atoms. The van der Waals surface area contributed by atoms with Gasteiger partial charge in [-0.15, -0.1) is 0 Å². The summed E-state index contributed by atoms with van der Waals surface area (Å²) in [6, 6.07) is 0. The Balaban J connectivity index is -0.00000000667. The molecule has 0 aliphatic rings. The predicted molar refractivity (Wildman–Crippen MR) is 19.7 cm³/mol. The Hall–Kier alpha value is 0.700. The van der Waals surface area contributed by atoms with Crippen LogP contribution in [0.4, 0.5) is 0 Å². The standard InChI is InChI=1S/C3H7.Au.H2O.H2/c1-3-2;;;/h3H,1-2H3;;1H2;1H/q;+1;;/p-1. The SMILES string of the molecule is C[CH]C.[Au+].[HH].[OH-]. The van der Waals surface area contributed by atoms with E-state index in [2.05, 4.69) is 0 Å². The van der Waals surface area contributed by atoms with Gasteiger partial charge >= 0.3 is 22.4 Å². The molecule has 1 nitrogen and oxygen atoms in total. The van der Waals surface area contributed by atoms with Crippen LogP contribution in [0.15, 0.2) is 0 Å². The summed E-state index contributed by atoms with van der Waals surface area (Å²) in [6.45, 7) is 4.00. The molecule has 0 saturated carbocycles. The van der Waals surface area contributed by atoms with E-state index >= 15 is 0 Å². The Labute approximate surface area is 50.1 Å². The zero-order valence-corrected chi connectivity index (χ0v) is 5.49. The van der Waals surface area contributed by atoms with Crippen molar-refractivity contribution < 1.29 is 29.3 Å². The minimum Gasteiger partial charge on any atom is -0.870 e. The van der Waals surface area contributed by atoms with Gasteiger partial charge in [0.25, 0.3) is 0 Å². The van der Waals surface area contributed by atoms with Crippen molar-refractivity contribution in [3.05, 3.63) is 6.42 Å². The molecule has 0 unspecified atom stereocenters. The Bertz CT molecular complexity index is 10.8. The van der Waals surface area contributed by atoms with Crippen LogP contribution < -0.4 is 0 Å². The van der Waals surface area contributed by atoms with Gasteiger partial charge in [-0.05, 0) is 6.42 Å². The Morgan fingerprint density at radius 1 is 1.40 bits per heavy atom. The van der Waals surface area contributed by atoms with Crippen LogP contribution in [0, 0.1) is 6.42 Å². The molecule has 0 atom stereocenters. The first kappa shape index (κ1) is 17.3. The molecule has 0 aliphatic heterocycles. The van der Waals surface area contributed by atoms with E-state index in [1.807, 2.05) is 20.3 Å². The van der Waals surface area contributed by atoms with Crippen molar-refractivity contribution in [3.8, 4) is 0 Å². The smallest absolute Gasteiger partial charge is 0.870 e. The molecule has 1 N–H and O–H groups in total. The molecule has 1 radical (unpaired) electrons. The molecule has 0 saturated heterocycles. The van der Waals surface area contributed by atoms with E-state index in [0.29, 0.717) is 0 Å². The fraction of sp³-hybridized carbons (Fsp3) is 0.667. The summed E-state index contributed by atoms with van der Waals surface area (Å²) < 4.78 is 0. The van der Waals surface area contributed by atoms with E-state index in [-0.39, 0.29) is 29.3 Å². The second-order valence-electron chi connectivity index (χ2n) is 0.577. The van der Waals surface area contributed by atoms with E-state index < -0.39 is 0 Å². The van der Waals surface area contributed by atoms with Gasteiger partial charge in [0, 0.05) is 1.43 Å². The third-order valence-electron chi connectivity index (χ3n) is 0. The molecular formula is C3H10AuO. The minimum absolute atomic E-state index is 0. The van der Waals surface area contributed by atoms with Gasteiger partial charge in [-0.25, -0.2) is 0 Å². The summed E-state index contributed by atoms with van der Waals surface area (Å²) >= 11 is 0. The van der Waals surface area contributed by atoms with Gasteiger partial charge in [0.05, 0.1) is 0 Å². The molecule has 5 heavy (non-hydrogen) atoms. The maximum Gasteiger partial charge on any atom is 1.00 e. The van der Waals surface area contributed by atoms with Crippen molar-refractivity contribution in [1.82, 2.24) is 0 Å². The zero-order valence-electron chi connectivity index (χ0n) is 3.33. The van der Waals surface area contributed by atoms with Crippen LogP contribution in [-0.2, 0) is 22.4 Å². The summed E-state index contributed by atoms with van der Waals surface area (Å²) in [7, 11) is 0. The molecular weight excluding hydrogens is 249 g/mol. The van der Waals surface area contributed by atoms with Crippen molar-refractivity contribution in [3.63, 3.8) is 0 Å². The molecule has 0 rings (SSSR count). The fourth-order valence-electron chi connectivity index (χ4n) is 0. The zero-order chi connectivity index (χ0) is 2.71. The molecule has 0 amide bonds. The van der Waals surface area contributed by atoms with E-state index in [1.165, 1.54) is 0 Å². The monoisotopic (exact) mass is 259 g/mol. The van der Waals surface area contributed by atoms with Crippen LogP contribution in [-0.4, -0.2) is 5.48 Å². The Morgan fingerprint density at radius 2 is 1.40 bits per heavy atom. The van der Waals surface area contributed by atoms with Gasteiger partial charge in [-0.2, -0.15) is 0 Å². The van der Waals surface area contributed by atoms with Gasteiger partial charge < -0.3 is 5.48 Å². The van der Waals surface area contributed by atoms with Crippen LogP contribution in [0.25, 0.3) is 0 Å². The second-order valence-corrected chi connectivity index (χ2v) is 0.577. The third-order valence-corrected chi connectivity index (χ3v) is 0. The number of rotatable bonds is 0. The first-order valence-corrected chi connectivity index (χ1v) is 1.15. The first-order valence-electron chi connectivity index (χ1n) is 1.15. The largest absolute Gasteiger partial charge is 1.00 e. The van der Waals surface area contributed by atoms with Gasteiger partial charge in [0.2, 0.25) is 0 Å². The van der Waals surface area contributed by atoms with E-state index in [0.717, 1.165) is 0 Å². The molecule has 0 spiro atoms. The average molecular weight is 259 g/mol. The van der Waals surface area contributed by atoms with Crippen molar-refractivity contribution in [2.24, 2.45) is 0 Å². The average Bonchev–Trinajstić information content (AvgIpc) is 0.918. The normalized spacial score (nSPS) is 3.60. The van der Waals surface area contributed by atoms with Gasteiger partial charge in [0.1, 0.15) is 0 Å². The van der Waals surface area contributed by atoms with E-state index in [4.69, 9.17) is 0 Å². The number of hydrogen-bond acceptors (Lipinski definition) is 1. The van der Waals surface area contributed by atoms with Gasteiger partial charge in [-0.3, -0.25) is 0 Å². The summed E-state index contributed by atoms with van der Waals surface area (Å²) in [5, 5.41) is 0. The fourth-order valence-corrected chi connectivity index (χ4v) is 0. The Kier molecular flexibility index (Phi) is 76.9. The molecule has 0 aromatic rings. The first-order chi connectivity index (χ1) is 1.41. The summed E-state index contributed by atoms with van der Waals surface area (Å²) in [4.78, 5) is 0. The van der Waals surface area contributed by atoms with E-state index in [9.17, 15) is 0 Å². The topological polar surface area (TPSA) is 30.0 Å². The van der Waals surface area contributed by atoms with Crippen molar-refractivity contribution in [2.75, 3.05) is 0 Å². The van der Waals surface area contributed by atoms with Crippen molar-refractivity contribution in [2.45, 2.75) is 13.8 Å². The summed E-state index contributed by atoms with van der Waals surface area (Å²) in [6.07, 6.45) is 2.00. The van der Waals surface area contributed by atoms with Gasteiger partial charge in [-0.1, -0.05) is 13.8 Å². The molecule has 39 valence electrons. The van der Waals surface area contributed by atoms with E-state index in [1.54, 1.807) is 0 Å². The van der Waals surface area contributed by atoms with Crippen LogP contribution >= 0.6 is 0 Å². The third kappa shape index (κ3) is 69.9. The van der Waals surface area contributed by atoms with Gasteiger partial charge in [0.15, 0.2) is 0 Å². The van der Waals surface area contributed by atoms with Crippen LogP contribution in [0.2, 0.25) is 0 Å².